The number of amides is 1. The Labute approximate surface area is 185 Å². The Kier molecular flexibility index (Phi) is 6.21. The lowest BCUT2D eigenvalue weighted by Crippen LogP contribution is -2.30. The van der Waals surface area contributed by atoms with E-state index >= 15 is 0 Å². The number of hydrogen-bond donors (Lipinski definition) is 0. The lowest BCUT2D eigenvalue weighted by Gasteiger charge is -2.20. The van der Waals surface area contributed by atoms with E-state index in [0.717, 1.165) is 26.7 Å². The zero-order valence-corrected chi connectivity index (χ0v) is 19.0. The summed E-state index contributed by atoms with van der Waals surface area (Å²) in [7, 11) is 0. The Morgan fingerprint density at radius 3 is 2.47 bits per heavy atom. The van der Waals surface area contributed by atoms with Crippen molar-refractivity contribution < 1.29 is 4.79 Å². The van der Waals surface area contributed by atoms with Crippen LogP contribution in [0.3, 0.4) is 0 Å². The van der Waals surface area contributed by atoms with Crippen molar-refractivity contribution in [3.63, 3.8) is 0 Å². The van der Waals surface area contributed by atoms with E-state index in [1.807, 2.05) is 54.6 Å². The fourth-order valence-electron chi connectivity index (χ4n) is 3.49. The number of thioether (sulfide) groups is 1. The van der Waals surface area contributed by atoms with Crippen LogP contribution in [-0.2, 0) is 6.54 Å². The molecule has 0 aliphatic rings. The van der Waals surface area contributed by atoms with Gasteiger partial charge in [0.05, 0.1) is 16.8 Å². The fourth-order valence-corrected chi connectivity index (χ4v) is 5.16. The number of fused-ring (bicyclic) bond motifs is 1. The molecule has 0 radical (unpaired) electrons. The Hall–Kier alpha value is -2.63. The highest BCUT2D eigenvalue weighted by Gasteiger charge is 2.22. The number of nitrogens with zero attached hydrogens (tertiary/aromatic N) is 2. The summed E-state index contributed by atoms with van der Waals surface area (Å²) in [6, 6.07) is 22.2. The molecule has 0 bridgehead atoms. The second kappa shape index (κ2) is 9.02. The topological polar surface area (TPSA) is 33.2 Å². The molecule has 0 unspecified atom stereocenters. The summed E-state index contributed by atoms with van der Waals surface area (Å²) in [4.78, 5) is 21.4. The smallest absolute Gasteiger partial charge is 0.260 e. The maximum Gasteiger partial charge on any atom is 0.260 e. The molecule has 0 aliphatic carbocycles. The molecule has 3 nitrogen and oxygen atoms in total. The molecular formula is C25H24N2OS2. The lowest BCUT2D eigenvalue weighted by atomic mass is 10.1. The van der Waals surface area contributed by atoms with Crippen LogP contribution in [0.5, 0.6) is 0 Å². The minimum absolute atomic E-state index is 0.0275. The van der Waals surface area contributed by atoms with Crippen LogP contribution >= 0.6 is 23.1 Å². The Morgan fingerprint density at radius 2 is 1.77 bits per heavy atom. The van der Waals surface area contributed by atoms with Gasteiger partial charge in [-0.15, -0.1) is 11.8 Å². The van der Waals surface area contributed by atoms with Gasteiger partial charge in [-0.05, 0) is 66.6 Å². The van der Waals surface area contributed by atoms with Gasteiger partial charge >= 0.3 is 0 Å². The number of aryl methyl sites for hydroxylation is 2. The van der Waals surface area contributed by atoms with E-state index in [0.29, 0.717) is 12.1 Å². The van der Waals surface area contributed by atoms with E-state index in [4.69, 9.17) is 4.98 Å². The molecular weight excluding hydrogens is 408 g/mol. The number of benzene rings is 3. The van der Waals surface area contributed by atoms with E-state index in [9.17, 15) is 4.79 Å². The molecule has 0 atom stereocenters. The summed E-state index contributed by atoms with van der Waals surface area (Å²) in [5.74, 6) is 0.984. The average molecular weight is 433 g/mol. The molecule has 1 aromatic heterocycles. The molecule has 152 valence electrons. The molecule has 0 saturated carbocycles. The van der Waals surface area contributed by atoms with Crippen LogP contribution in [0.1, 0.15) is 34.0 Å². The lowest BCUT2D eigenvalue weighted by molar-refractivity contribution is 0.0985. The maximum absolute atomic E-state index is 13.5. The van der Waals surface area contributed by atoms with E-state index in [-0.39, 0.29) is 5.91 Å². The van der Waals surface area contributed by atoms with Gasteiger partial charge in [-0.25, -0.2) is 4.98 Å². The van der Waals surface area contributed by atoms with Gasteiger partial charge in [0.25, 0.3) is 5.91 Å². The Bertz CT molecular complexity index is 1170. The van der Waals surface area contributed by atoms with Gasteiger partial charge in [0.1, 0.15) is 0 Å². The first kappa shape index (κ1) is 20.6. The summed E-state index contributed by atoms with van der Waals surface area (Å²) >= 11 is 3.36. The van der Waals surface area contributed by atoms with E-state index in [2.05, 4.69) is 32.9 Å². The predicted molar refractivity (Wildman–Crippen MR) is 129 cm³/mol. The fraction of sp³-hybridized carbons (Fsp3) is 0.200. The summed E-state index contributed by atoms with van der Waals surface area (Å²) in [5, 5.41) is 0.736. The molecule has 5 heteroatoms. The van der Waals surface area contributed by atoms with Crippen LogP contribution < -0.4 is 4.90 Å². The van der Waals surface area contributed by atoms with Gasteiger partial charge < -0.3 is 0 Å². The van der Waals surface area contributed by atoms with Crippen LogP contribution in [0, 0.1) is 13.8 Å². The quantitative estimate of drug-likeness (QED) is 0.312. The van der Waals surface area contributed by atoms with Crippen LogP contribution in [0.25, 0.3) is 10.2 Å². The number of rotatable bonds is 6. The number of thiazole rings is 1. The predicted octanol–water partition coefficient (Wildman–Crippen LogP) is 6.87. The summed E-state index contributed by atoms with van der Waals surface area (Å²) in [6.45, 7) is 6.80. The third-order valence-corrected chi connectivity index (χ3v) is 7.00. The zero-order valence-electron chi connectivity index (χ0n) is 17.4. The molecule has 0 aliphatic heterocycles. The van der Waals surface area contributed by atoms with Crippen molar-refractivity contribution in [2.75, 3.05) is 10.7 Å². The minimum Gasteiger partial charge on any atom is -0.279 e. The van der Waals surface area contributed by atoms with Crippen LogP contribution in [0.15, 0.2) is 71.6 Å². The largest absolute Gasteiger partial charge is 0.279 e. The third-order valence-electron chi connectivity index (χ3n) is 4.88. The second-order valence-electron chi connectivity index (χ2n) is 7.26. The molecule has 4 aromatic rings. The van der Waals surface area contributed by atoms with Crippen LogP contribution in [-0.4, -0.2) is 16.6 Å². The zero-order chi connectivity index (χ0) is 21.1. The molecule has 30 heavy (non-hydrogen) atoms. The molecule has 4 rings (SSSR count). The highest BCUT2D eigenvalue weighted by Crippen LogP contribution is 2.33. The number of aromatic nitrogens is 1. The summed E-state index contributed by atoms with van der Waals surface area (Å²) in [5.41, 5.74) is 5.09. The van der Waals surface area contributed by atoms with E-state index < -0.39 is 0 Å². The molecule has 0 fully saturated rings. The van der Waals surface area contributed by atoms with Crippen LogP contribution in [0.4, 0.5) is 5.13 Å². The van der Waals surface area contributed by atoms with E-state index in [1.54, 1.807) is 28.0 Å². The first-order valence-corrected chi connectivity index (χ1v) is 11.8. The van der Waals surface area contributed by atoms with Crippen molar-refractivity contribution in [2.45, 2.75) is 32.2 Å². The standard InChI is InChI=1S/C25H24N2OS2/c1-4-29-21-12-10-20(11-13-21)24(28)27(16-19-8-6-5-7-9-19)25-26-22-15-17(2)14-18(3)23(22)30-25/h5-15H,4,16H2,1-3H3. The first-order valence-electron chi connectivity index (χ1n) is 10.0. The number of hydrogen-bond acceptors (Lipinski definition) is 4. The summed E-state index contributed by atoms with van der Waals surface area (Å²) in [6.07, 6.45) is 0. The normalized spacial score (nSPS) is 11.0. The van der Waals surface area contributed by atoms with Crippen molar-refractivity contribution in [3.8, 4) is 0 Å². The minimum atomic E-state index is -0.0275. The second-order valence-corrected chi connectivity index (χ2v) is 9.58. The highest BCUT2D eigenvalue weighted by molar-refractivity contribution is 7.99. The third kappa shape index (κ3) is 4.42. The number of carbonyl (C=O) groups is 1. The van der Waals surface area contributed by atoms with Crippen LogP contribution in [0.2, 0.25) is 0 Å². The van der Waals surface area contributed by atoms with Gasteiger partial charge in [-0.2, -0.15) is 0 Å². The monoisotopic (exact) mass is 432 g/mol. The van der Waals surface area contributed by atoms with Crippen molar-refractivity contribution >= 4 is 44.4 Å². The van der Waals surface area contributed by atoms with Crippen molar-refractivity contribution in [3.05, 3.63) is 89.0 Å². The van der Waals surface area contributed by atoms with Gasteiger partial charge in [0.2, 0.25) is 0 Å². The van der Waals surface area contributed by atoms with Crippen molar-refractivity contribution in [1.29, 1.82) is 0 Å². The Morgan fingerprint density at radius 1 is 1.03 bits per heavy atom. The van der Waals surface area contributed by atoms with Crippen molar-refractivity contribution in [1.82, 2.24) is 4.98 Å². The molecule has 0 saturated heterocycles. The van der Waals surface area contributed by atoms with Crippen molar-refractivity contribution in [2.24, 2.45) is 0 Å². The number of carbonyl (C=O) groups excluding carboxylic acids is 1. The molecule has 1 heterocycles. The first-order chi connectivity index (χ1) is 14.5. The molecule has 0 N–H and O–H groups in total. The SMILES string of the molecule is CCSc1ccc(C(=O)N(Cc2ccccc2)c2nc3cc(C)cc(C)c3s2)cc1. The van der Waals surface area contributed by atoms with E-state index in [1.165, 1.54) is 16.0 Å². The Balaban J connectivity index is 1.74. The average Bonchev–Trinajstić information content (AvgIpc) is 3.17. The maximum atomic E-state index is 13.5. The summed E-state index contributed by atoms with van der Waals surface area (Å²) < 4.78 is 1.14. The van der Waals surface area contributed by atoms with Gasteiger partial charge in [0, 0.05) is 10.5 Å². The van der Waals surface area contributed by atoms with Gasteiger partial charge in [-0.3, -0.25) is 9.69 Å². The number of anilines is 1. The van der Waals surface area contributed by atoms with Gasteiger partial charge in [-0.1, -0.05) is 54.7 Å². The molecule has 0 spiro atoms. The molecule has 1 amide bonds. The highest BCUT2D eigenvalue weighted by atomic mass is 32.2. The molecule has 3 aromatic carbocycles. The van der Waals surface area contributed by atoms with Gasteiger partial charge in [0.15, 0.2) is 5.13 Å².